The molecule has 1 aromatic rings. The summed E-state index contributed by atoms with van der Waals surface area (Å²) in [6.07, 6.45) is 2.22. The molecule has 0 saturated heterocycles. The van der Waals surface area contributed by atoms with Crippen LogP contribution in [0.5, 0.6) is 0 Å². The normalized spacial score (nSPS) is 11.5. The number of nitrogens with one attached hydrogen (secondary N) is 1. The summed E-state index contributed by atoms with van der Waals surface area (Å²) in [5.41, 5.74) is 1.02. The number of hydrogen-bond acceptors (Lipinski definition) is 4. The molecule has 0 aromatic carbocycles. The van der Waals surface area contributed by atoms with Crippen molar-refractivity contribution in [1.29, 1.82) is 0 Å². The number of anilines is 2. The van der Waals surface area contributed by atoms with Gasteiger partial charge in [0.2, 0.25) is 5.95 Å². The molecule has 0 radical (unpaired) electrons. The molecule has 19 heavy (non-hydrogen) atoms. The zero-order chi connectivity index (χ0) is 14.5. The third-order valence-corrected chi connectivity index (χ3v) is 2.62. The van der Waals surface area contributed by atoms with Crippen molar-refractivity contribution in [3.05, 3.63) is 11.8 Å². The minimum absolute atomic E-state index is 0.0123. The van der Waals surface area contributed by atoms with Crippen molar-refractivity contribution in [3.8, 4) is 0 Å². The van der Waals surface area contributed by atoms with Crippen LogP contribution in [0.1, 0.15) is 53.2 Å². The topological polar surface area (TPSA) is 41.1 Å². The first-order valence-electron chi connectivity index (χ1n) is 7.24. The van der Waals surface area contributed by atoms with Crippen LogP contribution in [0.4, 0.5) is 11.8 Å². The molecule has 0 bridgehead atoms. The van der Waals surface area contributed by atoms with E-state index in [0.29, 0.717) is 0 Å². The second-order valence-electron chi connectivity index (χ2n) is 6.06. The highest BCUT2D eigenvalue weighted by Crippen LogP contribution is 2.17. The van der Waals surface area contributed by atoms with Gasteiger partial charge in [-0.2, -0.15) is 4.98 Å². The van der Waals surface area contributed by atoms with E-state index >= 15 is 0 Å². The summed E-state index contributed by atoms with van der Waals surface area (Å²) in [6, 6.07) is 2.00. The Kier molecular flexibility index (Phi) is 5.58. The summed E-state index contributed by atoms with van der Waals surface area (Å²) in [5, 5.41) is 3.42. The Hall–Kier alpha value is -1.32. The molecule has 0 atom stereocenters. The number of nitrogens with zero attached hydrogens (tertiary/aromatic N) is 3. The zero-order valence-electron chi connectivity index (χ0n) is 13.2. The highest BCUT2D eigenvalue weighted by atomic mass is 15.3. The summed E-state index contributed by atoms with van der Waals surface area (Å²) in [5.74, 6) is 1.75. The maximum absolute atomic E-state index is 4.66. The van der Waals surface area contributed by atoms with Crippen molar-refractivity contribution in [2.24, 2.45) is 0 Å². The van der Waals surface area contributed by atoms with E-state index in [1.54, 1.807) is 0 Å². The lowest BCUT2D eigenvalue weighted by atomic mass is 10.1. The Bertz CT molecular complexity index is 390. The molecular weight excluding hydrogens is 236 g/mol. The molecule has 4 heteroatoms. The molecule has 4 nitrogen and oxygen atoms in total. The third-order valence-electron chi connectivity index (χ3n) is 2.62. The Morgan fingerprint density at radius 2 is 1.68 bits per heavy atom. The van der Waals surface area contributed by atoms with Gasteiger partial charge in [0.1, 0.15) is 5.82 Å². The average molecular weight is 264 g/mol. The van der Waals surface area contributed by atoms with Crippen molar-refractivity contribution >= 4 is 11.8 Å². The first-order valence-corrected chi connectivity index (χ1v) is 7.24. The van der Waals surface area contributed by atoms with Gasteiger partial charge in [-0.3, -0.25) is 0 Å². The van der Waals surface area contributed by atoms with Gasteiger partial charge >= 0.3 is 0 Å². The summed E-state index contributed by atoms with van der Waals surface area (Å²) < 4.78 is 0. The molecular formula is C15H28N4. The first kappa shape index (κ1) is 15.7. The van der Waals surface area contributed by atoms with E-state index in [-0.39, 0.29) is 5.54 Å². The minimum Gasteiger partial charge on any atom is -0.365 e. The summed E-state index contributed by atoms with van der Waals surface area (Å²) in [4.78, 5) is 11.5. The van der Waals surface area contributed by atoms with Crippen LogP contribution in [0, 0.1) is 6.92 Å². The molecule has 0 fully saturated rings. The molecule has 1 N–H and O–H groups in total. The highest BCUT2D eigenvalue weighted by molar-refractivity contribution is 5.45. The van der Waals surface area contributed by atoms with Crippen molar-refractivity contribution in [2.45, 2.75) is 59.9 Å². The van der Waals surface area contributed by atoms with E-state index in [9.17, 15) is 0 Å². The maximum Gasteiger partial charge on any atom is 0.227 e. The second-order valence-corrected chi connectivity index (χ2v) is 6.06. The van der Waals surface area contributed by atoms with Gasteiger partial charge in [0, 0.05) is 30.4 Å². The fourth-order valence-corrected chi connectivity index (χ4v) is 1.99. The Morgan fingerprint density at radius 1 is 1.11 bits per heavy atom. The van der Waals surface area contributed by atoms with E-state index < -0.39 is 0 Å². The van der Waals surface area contributed by atoms with Crippen LogP contribution in [0.15, 0.2) is 6.07 Å². The Labute approximate surface area is 117 Å². The average Bonchev–Trinajstić information content (AvgIpc) is 2.25. The van der Waals surface area contributed by atoms with Crippen LogP contribution in [0.3, 0.4) is 0 Å². The van der Waals surface area contributed by atoms with Gasteiger partial charge in [0.25, 0.3) is 0 Å². The second kappa shape index (κ2) is 6.73. The van der Waals surface area contributed by atoms with E-state index in [4.69, 9.17) is 0 Å². The molecule has 0 unspecified atom stereocenters. The molecule has 0 aliphatic carbocycles. The maximum atomic E-state index is 4.66. The standard InChI is InChI=1S/C15H28N4/c1-7-9-19(10-8-2)14-16-12(3)11-13(17-14)18-15(4,5)6/h11H,7-10H2,1-6H3,(H,16,17,18). The molecule has 1 heterocycles. The summed E-state index contributed by atoms with van der Waals surface area (Å²) in [7, 11) is 0. The van der Waals surface area contributed by atoms with E-state index in [1.807, 2.05) is 13.0 Å². The van der Waals surface area contributed by atoms with Gasteiger partial charge in [0.15, 0.2) is 0 Å². The van der Waals surface area contributed by atoms with Gasteiger partial charge in [-0.15, -0.1) is 0 Å². The molecule has 1 rings (SSSR count). The summed E-state index contributed by atoms with van der Waals surface area (Å²) >= 11 is 0. The Morgan fingerprint density at radius 3 is 2.16 bits per heavy atom. The van der Waals surface area contributed by atoms with Crippen LogP contribution < -0.4 is 10.2 Å². The van der Waals surface area contributed by atoms with Crippen molar-refractivity contribution in [2.75, 3.05) is 23.3 Å². The number of hydrogen-bond donors (Lipinski definition) is 1. The summed E-state index contributed by atoms with van der Waals surface area (Å²) in [6.45, 7) is 14.8. The van der Waals surface area contributed by atoms with Crippen molar-refractivity contribution in [1.82, 2.24) is 9.97 Å². The molecule has 0 amide bonds. The van der Waals surface area contributed by atoms with Crippen LogP contribution in [0.25, 0.3) is 0 Å². The van der Waals surface area contributed by atoms with Crippen LogP contribution >= 0.6 is 0 Å². The quantitative estimate of drug-likeness (QED) is 0.852. The molecule has 1 aromatic heterocycles. The van der Waals surface area contributed by atoms with E-state index in [1.165, 1.54) is 0 Å². The zero-order valence-corrected chi connectivity index (χ0v) is 13.2. The molecule has 108 valence electrons. The molecule has 0 spiro atoms. The lowest BCUT2D eigenvalue weighted by Gasteiger charge is -2.25. The fourth-order valence-electron chi connectivity index (χ4n) is 1.99. The van der Waals surface area contributed by atoms with Gasteiger partial charge in [-0.25, -0.2) is 4.98 Å². The van der Waals surface area contributed by atoms with Gasteiger partial charge in [-0.05, 0) is 40.5 Å². The predicted octanol–water partition coefficient (Wildman–Crippen LogP) is 3.62. The minimum atomic E-state index is 0.0123. The van der Waals surface area contributed by atoms with Crippen LogP contribution in [0.2, 0.25) is 0 Å². The van der Waals surface area contributed by atoms with Gasteiger partial charge in [-0.1, -0.05) is 13.8 Å². The fraction of sp³-hybridized carbons (Fsp3) is 0.733. The largest absolute Gasteiger partial charge is 0.365 e. The van der Waals surface area contributed by atoms with Crippen LogP contribution in [-0.4, -0.2) is 28.6 Å². The van der Waals surface area contributed by atoms with Gasteiger partial charge < -0.3 is 10.2 Å². The smallest absolute Gasteiger partial charge is 0.227 e. The first-order chi connectivity index (χ1) is 8.85. The van der Waals surface area contributed by atoms with Crippen LogP contribution in [-0.2, 0) is 0 Å². The van der Waals surface area contributed by atoms with E-state index in [2.05, 4.69) is 54.8 Å². The number of aromatic nitrogens is 2. The Balaban J connectivity index is 2.99. The third kappa shape index (κ3) is 5.45. The monoisotopic (exact) mass is 264 g/mol. The van der Waals surface area contributed by atoms with Gasteiger partial charge in [0.05, 0.1) is 0 Å². The molecule has 0 aliphatic rings. The SMILES string of the molecule is CCCN(CCC)c1nc(C)cc(NC(C)(C)C)n1. The van der Waals surface area contributed by atoms with Crippen molar-refractivity contribution in [3.63, 3.8) is 0 Å². The lowest BCUT2D eigenvalue weighted by Crippen LogP contribution is -2.30. The van der Waals surface area contributed by atoms with Crippen molar-refractivity contribution < 1.29 is 0 Å². The molecule has 0 aliphatic heterocycles. The number of aryl methyl sites for hydroxylation is 1. The number of rotatable bonds is 6. The highest BCUT2D eigenvalue weighted by Gasteiger charge is 2.14. The predicted molar refractivity (Wildman–Crippen MR) is 82.9 cm³/mol. The molecule has 0 saturated carbocycles. The van der Waals surface area contributed by atoms with E-state index in [0.717, 1.165) is 43.4 Å². The lowest BCUT2D eigenvalue weighted by molar-refractivity contribution is 0.628.